The number of esters is 1. The minimum absolute atomic E-state index is 0.157. The van der Waals surface area contributed by atoms with E-state index in [1.54, 1.807) is 23.7 Å². The number of halogens is 1. The van der Waals surface area contributed by atoms with Crippen molar-refractivity contribution in [3.05, 3.63) is 76.0 Å². The molecule has 0 bridgehead atoms. The summed E-state index contributed by atoms with van der Waals surface area (Å²) in [7, 11) is 0. The van der Waals surface area contributed by atoms with Crippen LogP contribution in [0.3, 0.4) is 0 Å². The number of benzene rings is 1. The first-order valence-corrected chi connectivity index (χ1v) is 9.52. The van der Waals surface area contributed by atoms with E-state index < -0.39 is 18.0 Å². The fourth-order valence-electron chi connectivity index (χ4n) is 2.76. The summed E-state index contributed by atoms with van der Waals surface area (Å²) in [6.07, 6.45) is 0.526. The molecule has 0 spiro atoms. The Balaban J connectivity index is 1.64. The Kier molecular flexibility index (Phi) is 6.39. The van der Waals surface area contributed by atoms with Gasteiger partial charge in [-0.2, -0.15) is 5.10 Å². The maximum absolute atomic E-state index is 12.6. The number of ether oxygens (including phenoxy) is 1. The van der Waals surface area contributed by atoms with Gasteiger partial charge < -0.3 is 14.5 Å². The number of rotatable bonds is 7. The molecule has 0 fully saturated rings. The minimum Gasteiger partial charge on any atom is -0.467 e. The average Bonchev–Trinajstić information content (AvgIpc) is 3.29. The lowest BCUT2D eigenvalue weighted by Gasteiger charge is -2.13. The predicted octanol–water partition coefficient (Wildman–Crippen LogP) is 3.66. The normalized spacial score (nSPS) is 11.9. The van der Waals surface area contributed by atoms with Crippen molar-refractivity contribution in [1.29, 1.82) is 0 Å². The Hall–Kier alpha value is -3.06. The van der Waals surface area contributed by atoms with Gasteiger partial charge in [0.05, 0.1) is 25.0 Å². The Bertz CT molecular complexity index is 994. The van der Waals surface area contributed by atoms with Gasteiger partial charge in [0.1, 0.15) is 16.5 Å². The number of nitrogens with zero attached hydrogens (tertiary/aromatic N) is 2. The molecule has 8 heteroatoms. The topological polar surface area (TPSA) is 86.4 Å². The van der Waals surface area contributed by atoms with E-state index in [-0.39, 0.29) is 17.3 Å². The summed E-state index contributed by atoms with van der Waals surface area (Å²) in [4.78, 5) is 24.8. The van der Waals surface area contributed by atoms with E-state index in [2.05, 4.69) is 10.4 Å². The summed E-state index contributed by atoms with van der Waals surface area (Å²) in [5.41, 5.74) is 2.76. The molecule has 1 amide bonds. The van der Waals surface area contributed by atoms with Gasteiger partial charge in [-0.1, -0.05) is 41.4 Å². The van der Waals surface area contributed by atoms with Gasteiger partial charge in [0, 0.05) is 0 Å². The summed E-state index contributed by atoms with van der Waals surface area (Å²) in [5, 5.41) is 7.17. The van der Waals surface area contributed by atoms with Gasteiger partial charge in [-0.3, -0.25) is 4.79 Å². The highest BCUT2D eigenvalue weighted by atomic mass is 35.5. The first kappa shape index (κ1) is 20.7. The van der Waals surface area contributed by atoms with Crippen LogP contribution in [0.25, 0.3) is 0 Å². The first-order chi connectivity index (χ1) is 13.8. The number of hydrogen-bond donors (Lipinski definition) is 1. The molecule has 29 heavy (non-hydrogen) atoms. The summed E-state index contributed by atoms with van der Waals surface area (Å²) in [6.45, 7) is 5.81. The van der Waals surface area contributed by atoms with E-state index in [0.717, 1.165) is 11.1 Å². The van der Waals surface area contributed by atoms with Crippen LogP contribution < -0.4 is 5.32 Å². The molecular formula is C21H22ClN3O4. The summed E-state index contributed by atoms with van der Waals surface area (Å²) < 4.78 is 12.0. The average molecular weight is 416 g/mol. The van der Waals surface area contributed by atoms with Crippen molar-refractivity contribution in [3.63, 3.8) is 0 Å². The highest BCUT2D eigenvalue weighted by molar-refractivity contribution is 6.32. The molecule has 0 radical (unpaired) electrons. The minimum atomic E-state index is -0.992. The van der Waals surface area contributed by atoms with Crippen molar-refractivity contribution in [1.82, 2.24) is 15.1 Å². The SMILES string of the molecule is Cc1ccc(Cn2nc(C)c(C(=O)O[C@H](C)C(=O)NCc3ccco3)c2Cl)cc1. The third kappa shape index (κ3) is 5.06. The van der Waals surface area contributed by atoms with Crippen molar-refractivity contribution >= 4 is 23.5 Å². The molecule has 152 valence electrons. The zero-order valence-corrected chi connectivity index (χ0v) is 17.2. The highest BCUT2D eigenvalue weighted by Crippen LogP contribution is 2.22. The van der Waals surface area contributed by atoms with Gasteiger partial charge in [0.2, 0.25) is 0 Å². The smallest absolute Gasteiger partial charge is 0.343 e. The van der Waals surface area contributed by atoms with Crippen LogP contribution in [0.2, 0.25) is 5.15 Å². The molecule has 0 saturated heterocycles. The van der Waals surface area contributed by atoms with Gasteiger partial charge in [0.25, 0.3) is 5.91 Å². The monoisotopic (exact) mass is 415 g/mol. The molecule has 0 aliphatic heterocycles. The van der Waals surface area contributed by atoms with E-state index in [4.69, 9.17) is 20.8 Å². The summed E-state index contributed by atoms with van der Waals surface area (Å²) in [6, 6.07) is 11.4. The molecule has 0 unspecified atom stereocenters. The Morgan fingerprint density at radius 2 is 1.97 bits per heavy atom. The van der Waals surface area contributed by atoms with Gasteiger partial charge in [-0.15, -0.1) is 0 Å². The summed E-state index contributed by atoms with van der Waals surface area (Å²) in [5.74, 6) is -0.521. The van der Waals surface area contributed by atoms with Gasteiger partial charge in [0.15, 0.2) is 6.10 Å². The number of aromatic nitrogens is 2. The van der Waals surface area contributed by atoms with Gasteiger partial charge >= 0.3 is 5.97 Å². The lowest BCUT2D eigenvalue weighted by molar-refractivity contribution is -0.129. The van der Waals surface area contributed by atoms with Crippen LogP contribution in [0.4, 0.5) is 0 Å². The van der Waals surface area contributed by atoms with Crippen molar-refractivity contribution in [2.24, 2.45) is 0 Å². The highest BCUT2D eigenvalue weighted by Gasteiger charge is 2.25. The fourth-order valence-corrected chi connectivity index (χ4v) is 3.07. The molecule has 2 aromatic heterocycles. The van der Waals surface area contributed by atoms with E-state index in [1.165, 1.54) is 13.2 Å². The zero-order chi connectivity index (χ0) is 21.0. The number of carbonyl (C=O) groups excluding carboxylic acids is 2. The van der Waals surface area contributed by atoms with Crippen molar-refractivity contribution in [2.45, 2.75) is 40.0 Å². The molecular weight excluding hydrogens is 394 g/mol. The summed E-state index contributed by atoms with van der Waals surface area (Å²) >= 11 is 6.38. The third-order valence-corrected chi connectivity index (χ3v) is 4.78. The molecule has 1 atom stereocenters. The molecule has 3 aromatic rings. The maximum Gasteiger partial charge on any atom is 0.343 e. The predicted molar refractivity (Wildman–Crippen MR) is 108 cm³/mol. The Morgan fingerprint density at radius 1 is 1.24 bits per heavy atom. The second-order valence-corrected chi connectivity index (χ2v) is 7.10. The largest absolute Gasteiger partial charge is 0.467 e. The van der Waals surface area contributed by atoms with Crippen LogP contribution in [0.15, 0.2) is 47.1 Å². The number of nitrogens with one attached hydrogen (secondary N) is 1. The van der Waals surface area contributed by atoms with Crippen LogP contribution in [0.1, 0.15) is 39.9 Å². The van der Waals surface area contributed by atoms with Crippen LogP contribution in [-0.2, 0) is 22.6 Å². The van der Waals surface area contributed by atoms with E-state index in [9.17, 15) is 9.59 Å². The number of carbonyl (C=O) groups is 2. The van der Waals surface area contributed by atoms with E-state index in [0.29, 0.717) is 18.0 Å². The molecule has 3 rings (SSSR count). The number of aryl methyl sites for hydroxylation is 2. The molecule has 2 heterocycles. The molecule has 1 aromatic carbocycles. The van der Waals surface area contributed by atoms with Gasteiger partial charge in [-0.25, -0.2) is 9.48 Å². The van der Waals surface area contributed by atoms with Gasteiger partial charge in [-0.05, 0) is 38.5 Å². The standard InChI is InChI=1S/C21H22ClN3O4/c1-13-6-8-16(9-7-13)12-25-19(22)18(14(2)24-25)21(27)29-15(3)20(26)23-11-17-5-4-10-28-17/h4-10,15H,11-12H2,1-3H3,(H,23,26)/t15-/m1/s1. The van der Waals surface area contributed by atoms with E-state index in [1.807, 2.05) is 31.2 Å². The van der Waals surface area contributed by atoms with Crippen LogP contribution in [0, 0.1) is 13.8 Å². The quantitative estimate of drug-likeness (QED) is 0.595. The lowest BCUT2D eigenvalue weighted by atomic mass is 10.1. The Labute approximate surface area is 173 Å². The Morgan fingerprint density at radius 3 is 2.62 bits per heavy atom. The van der Waals surface area contributed by atoms with Crippen molar-refractivity contribution in [2.75, 3.05) is 0 Å². The second kappa shape index (κ2) is 8.96. The van der Waals surface area contributed by atoms with E-state index >= 15 is 0 Å². The molecule has 0 saturated carbocycles. The zero-order valence-electron chi connectivity index (χ0n) is 16.4. The molecule has 0 aliphatic rings. The fraction of sp³-hybridized carbons (Fsp3) is 0.286. The van der Waals surface area contributed by atoms with Crippen LogP contribution in [0.5, 0.6) is 0 Å². The molecule has 0 aliphatic carbocycles. The van der Waals surface area contributed by atoms with Crippen LogP contribution in [-0.4, -0.2) is 27.8 Å². The molecule has 1 N–H and O–H groups in total. The maximum atomic E-state index is 12.6. The first-order valence-electron chi connectivity index (χ1n) is 9.14. The lowest BCUT2D eigenvalue weighted by Crippen LogP contribution is -2.35. The van der Waals surface area contributed by atoms with Crippen molar-refractivity contribution in [3.8, 4) is 0 Å². The number of amides is 1. The number of hydrogen-bond acceptors (Lipinski definition) is 5. The molecule has 7 nitrogen and oxygen atoms in total. The number of furan rings is 1. The third-order valence-electron chi connectivity index (χ3n) is 4.39. The second-order valence-electron chi connectivity index (χ2n) is 6.74. The van der Waals surface area contributed by atoms with Crippen molar-refractivity contribution < 1.29 is 18.7 Å². The van der Waals surface area contributed by atoms with Crippen LogP contribution >= 0.6 is 11.6 Å².